The molecule has 1 aromatic heterocycles. The number of carbonyl (C=O) groups is 2. The van der Waals surface area contributed by atoms with Gasteiger partial charge in [-0.25, -0.2) is 9.48 Å². The number of nitrogens with one attached hydrogen (secondary N) is 1. The number of benzene rings is 2. The summed E-state index contributed by atoms with van der Waals surface area (Å²) in [6.07, 6.45) is 0. The van der Waals surface area contributed by atoms with Gasteiger partial charge in [-0.05, 0) is 44.2 Å². The lowest BCUT2D eigenvalue weighted by molar-refractivity contribution is -0.117. The molecule has 0 fully saturated rings. The highest BCUT2D eigenvalue weighted by atomic mass is 16.4. The Kier molecular flexibility index (Phi) is 5.92. The average molecular weight is 394 g/mol. The van der Waals surface area contributed by atoms with Crippen molar-refractivity contribution in [2.24, 2.45) is 0 Å². The van der Waals surface area contributed by atoms with E-state index in [9.17, 15) is 19.5 Å². The lowest BCUT2D eigenvalue weighted by Crippen LogP contribution is -2.31. The van der Waals surface area contributed by atoms with Gasteiger partial charge >= 0.3 is 5.97 Å². The molecule has 3 aromatic rings. The van der Waals surface area contributed by atoms with Crippen LogP contribution in [0.15, 0.2) is 53.3 Å². The van der Waals surface area contributed by atoms with Crippen LogP contribution >= 0.6 is 0 Å². The van der Waals surface area contributed by atoms with E-state index < -0.39 is 17.4 Å². The second-order valence-electron chi connectivity index (χ2n) is 6.43. The topological polar surface area (TPSA) is 105 Å². The fourth-order valence-corrected chi connectivity index (χ4v) is 3.18. The quantitative estimate of drug-likeness (QED) is 0.638. The first-order valence-electron chi connectivity index (χ1n) is 9.32. The Labute approximate surface area is 167 Å². The number of nitrogens with zero attached hydrogens (tertiary/aromatic N) is 3. The van der Waals surface area contributed by atoms with Crippen LogP contribution in [0.3, 0.4) is 0 Å². The molecular weight excluding hydrogens is 372 g/mol. The standard InChI is InChI=1S/C21H22N4O4/c1-3-24(4-2)15-11-9-14(10-12-15)22-18(26)13-25-20(27)17-8-6-5-7-16(17)19(23-25)21(28)29/h5-12H,3-4,13H2,1-2H3,(H,22,26)(H,28,29). The zero-order valence-corrected chi connectivity index (χ0v) is 16.3. The van der Waals surface area contributed by atoms with Gasteiger partial charge in [0.05, 0.1) is 5.39 Å². The van der Waals surface area contributed by atoms with Gasteiger partial charge in [0, 0.05) is 29.9 Å². The van der Waals surface area contributed by atoms with Gasteiger partial charge in [0.1, 0.15) is 6.54 Å². The molecule has 8 heteroatoms. The molecule has 2 N–H and O–H groups in total. The van der Waals surface area contributed by atoms with Crippen molar-refractivity contribution in [1.82, 2.24) is 9.78 Å². The molecule has 0 saturated heterocycles. The number of carboxylic acid groups (broad SMARTS) is 1. The van der Waals surface area contributed by atoms with E-state index in [0.717, 1.165) is 23.5 Å². The number of rotatable bonds is 7. The molecule has 0 radical (unpaired) electrons. The number of hydrogen-bond donors (Lipinski definition) is 2. The number of anilines is 2. The van der Waals surface area contributed by atoms with Crippen molar-refractivity contribution in [1.29, 1.82) is 0 Å². The number of aromatic nitrogens is 2. The fourth-order valence-electron chi connectivity index (χ4n) is 3.18. The summed E-state index contributed by atoms with van der Waals surface area (Å²) in [5.74, 6) is -1.73. The smallest absolute Gasteiger partial charge is 0.357 e. The Balaban J connectivity index is 1.82. The Bertz CT molecular complexity index is 1100. The summed E-state index contributed by atoms with van der Waals surface area (Å²) >= 11 is 0. The van der Waals surface area contributed by atoms with Crippen LogP contribution in [0.2, 0.25) is 0 Å². The molecule has 0 aliphatic heterocycles. The van der Waals surface area contributed by atoms with E-state index in [1.807, 2.05) is 12.1 Å². The predicted octanol–water partition coefficient (Wildman–Crippen LogP) is 2.58. The van der Waals surface area contributed by atoms with Gasteiger partial charge < -0.3 is 15.3 Å². The number of carboxylic acids is 1. The van der Waals surface area contributed by atoms with Gasteiger partial charge in [0.15, 0.2) is 5.69 Å². The molecule has 0 aliphatic rings. The van der Waals surface area contributed by atoms with Crippen LogP contribution in [0, 0.1) is 0 Å². The van der Waals surface area contributed by atoms with Gasteiger partial charge in [0.25, 0.3) is 5.56 Å². The van der Waals surface area contributed by atoms with E-state index in [2.05, 4.69) is 29.2 Å². The highest BCUT2D eigenvalue weighted by molar-refractivity contribution is 6.01. The zero-order chi connectivity index (χ0) is 21.0. The van der Waals surface area contributed by atoms with Gasteiger partial charge in [-0.3, -0.25) is 9.59 Å². The highest BCUT2D eigenvalue weighted by Gasteiger charge is 2.17. The number of carbonyl (C=O) groups excluding carboxylic acids is 1. The summed E-state index contributed by atoms with van der Waals surface area (Å²) in [7, 11) is 0. The Hall–Kier alpha value is -3.68. The monoisotopic (exact) mass is 394 g/mol. The summed E-state index contributed by atoms with van der Waals surface area (Å²) < 4.78 is 0.880. The van der Waals surface area contributed by atoms with Crippen LogP contribution < -0.4 is 15.8 Å². The molecule has 2 aromatic carbocycles. The molecule has 0 atom stereocenters. The minimum absolute atomic E-state index is 0.205. The van der Waals surface area contributed by atoms with Crippen molar-refractivity contribution in [2.45, 2.75) is 20.4 Å². The van der Waals surface area contributed by atoms with Crippen molar-refractivity contribution < 1.29 is 14.7 Å². The van der Waals surface area contributed by atoms with Crippen molar-refractivity contribution in [2.75, 3.05) is 23.3 Å². The van der Waals surface area contributed by atoms with Gasteiger partial charge in [0.2, 0.25) is 5.91 Å². The Morgan fingerprint density at radius 3 is 2.24 bits per heavy atom. The maximum absolute atomic E-state index is 12.6. The molecule has 1 amide bonds. The third-order valence-electron chi connectivity index (χ3n) is 4.64. The lowest BCUT2D eigenvalue weighted by atomic mass is 10.1. The van der Waals surface area contributed by atoms with Crippen molar-refractivity contribution in [3.8, 4) is 0 Å². The summed E-state index contributed by atoms with van der Waals surface area (Å²) in [4.78, 5) is 38.7. The second-order valence-corrected chi connectivity index (χ2v) is 6.43. The number of amides is 1. The molecule has 1 heterocycles. The van der Waals surface area contributed by atoms with E-state index in [1.165, 1.54) is 12.1 Å². The molecular formula is C21H22N4O4. The maximum atomic E-state index is 12.6. The second kappa shape index (κ2) is 8.55. The first-order valence-corrected chi connectivity index (χ1v) is 9.32. The number of aromatic carboxylic acids is 1. The molecule has 0 aliphatic carbocycles. The Morgan fingerprint density at radius 1 is 1.03 bits per heavy atom. The summed E-state index contributed by atoms with van der Waals surface area (Å²) in [6, 6.07) is 13.7. The van der Waals surface area contributed by atoms with E-state index in [0.29, 0.717) is 5.69 Å². The van der Waals surface area contributed by atoms with Crippen molar-refractivity contribution in [3.05, 3.63) is 64.6 Å². The lowest BCUT2D eigenvalue weighted by Gasteiger charge is -2.21. The molecule has 8 nitrogen and oxygen atoms in total. The van der Waals surface area contributed by atoms with E-state index in [-0.39, 0.29) is 23.0 Å². The normalized spacial score (nSPS) is 10.7. The van der Waals surface area contributed by atoms with Crippen LogP contribution in [0.5, 0.6) is 0 Å². The summed E-state index contributed by atoms with van der Waals surface area (Å²) in [5, 5.41) is 16.4. The Morgan fingerprint density at radius 2 is 1.66 bits per heavy atom. The largest absolute Gasteiger partial charge is 0.476 e. The van der Waals surface area contributed by atoms with E-state index >= 15 is 0 Å². The molecule has 0 unspecified atom stereocenters. The first-order chi connectivity index (χ1) is 13.9. The van der Waals surface area contributed by atoms with Crippen LogP contribution in [-0.4, -0.2) is 39.9 Å². The third-order valence-corrected chi connectivity index (χ3v) is 4.64. The molecule has 29 heavy (non-hydrogen) atoms. The fraction of sp³-hybridized carbons (Fsp3) is 0.238. The van der Waals surface area contributed by atoms with Crippen molar-refractivity contribution in [3.63, 3.8) is 0 Å². The molecule has 150 valence electrons. The van der Waals surface area contributed by atoms with Gasteiger partial charge in [-0.1, -0.05) is 18.2 Å². The van der Waals surface area contributed by atoms with Crippen LogP contribution in [0.4, 0.5) is 11.4 Å². The molecule has 0 spiro atoms. The SMILES string of the molecule is CCN(CC)c1ccc(NC(=O)Cn2nc(C(=O)O)c3ccccc3c2=O)cc1. The van der Waals surface area contributed by atoms with Gasteiger partial charge in [-0.15, -0.1) is 0 Å². The molecule has 3 rings (SSSR count). The summed E-state index contributed by atoms with van der Waals surface area (Å²) in [6.45, 7) is 5.51. The minimum Gasteiger partial charge on any atom is -0.476 e. The summed E-state index contributed by atoms with van der Waals surface area (Å²) in [5.41, 5.74) is 0.846. The zero-order valence-electron chi connectivity index (χ0n) is 16.3. The molecule has 0 saturated carbocycles. The van der Waals surface area contributed by atoms with Gasteiger partial charge in [-0.2, -0.15) is 5.10 Å². The van der Waals surface area contributed by atoms with Crippen LogP contribution in [0.1, 0.15) is 24.3 Å². The third kappa shape index (κ3) is 4.26. The van der Waals surface area contributed by atoms with Crippen LogP contribution in [-0.2, 0) is 11.3 Å². The minimum atomic E-state index is -1.26. The highest BCUT2D eigenvalue weighted by Crippen LogP contribution is 2.18. The predicted molar refractivity (Wildman–Crippen MR) is 112 cm³/mol. The van der Waals surface area contributed by atoms with Crippen LogP contribution in [0.25, 0.3) is 10.8 Å². The number of fused-ring (bicyclic) bond motifs is 1. The average Bonchev–Trinajstić information content (AvgIpc) is 2.72. The number of hydrogen-bond acceptors (Lipinski definition) is 5. The van der Waals surface area contributed by atoms with E-state index in [4.69, 9.17) is 0 Å². The van der Waals surface area contributed by atoms with E-state index in [1.54, 1.807) is 24.3 Å². The molecule has 0 bridgehead atoms. The van der Waals surface area contributed by atoms with Crippen molar-refractivity contribution >= 4 is 34.0 Å². The maximum Gasteiger partial charge on any atom is 0.357 e. The first kappa shape index (κ1) is 20.1.